The minimum Gasteiger partial charge on any atom is -0.356 e. The van der Waals surface area contributed by atoms with Gasteiger partial charge in [-0.05, 0) is 19.3 Å². The lowest BCUT2D eigenvalue weighted by atomic mass is 9.97. The molecule has 0 spiro atoms. The summed E-state index contributed by atoms with van der Waals surface area (Å²) in [6.45, 7) is 6.41. The number of carbonyl (C=O) groups excluding carboxylic acids is 1. The zero-order valence-corrected chi connectivity index (χ0v) is 7.76. The average Bonchev–Trinajstić information content (AvgIpc) is 2.00. The van der Waals surface area contributed by atoms with Crippen molar-refractivity contribution < 1.29 is 4.79 Å². The van der Waals surface area contributed by atoms with Crippen molar-refractivity contribution in [2.45, 2.75) is 46.1 Å². The molecule has 2 heteroatoms. The SMILES string of the molecule is CCCCC(C)C(C)NC=O. The van der Waals surface area contributed by atoms with Crippen LogP contribution in [-0.2, 0) is 4.79 Å². The number of hydrogen-bond donors (Lipinski definition) is 1. The molecule has 2 nitrogen and oxygen atoms in total. The lowest BCUT2D eigenvalue weighted by Gasteiger charge is -2.18. The van der Waals surface area contributed by atoms with Gasteiger partial charge in [0.1, 0.15) is 0 Å². The maximum absolute atomic E-state index is 10.1. The minimum absolute atomic E-state index is 0.319. The van der Waals surface area contributed by atoms with Gasteiger partial charge in [0.2, 0.25) is 6.41 Å². The van der Waals surface area contributed by atoms with Crippen molar-refractivity contribution in [2.75, 3.05) is 0 Å². The highest BCUT2D eigenvalue weighted by Gasteiger charge is 2.09. The van der Waals surface area contributed by atoms with Gasteiger partial charge in [0.05, 0.1) is 0 Å². The molecular formula is C9H19NO. The van der Waals surface area contributed by atoms with E-state index in [1.807, 2.05) is 0 Å². The summed E-state index contributed by atoms with van der Waals surface area (Å²) in [5.74, 6) is 0.597. The number of unbranched alkanes of at least 4 members (excludes halogenated alkanes) is 1. The van der Waals surface area contributed by atoms with Crippen LogP contribution in [0.25, 0.3) is 0 Å². The second-order valence-corrected chi connectivity index (χ2v) is 3.19. The summed E-state index contributed by atoms with van der Waals surface area (Å²) in [5, 5.41) is 2.77. The van der Waals surface area contributed by atoms with E-state index in [-0.39, 0.29) is 0 Å². The Hall–Kier alpha value is -0.530. The number of amides is 1. The summed E-state index contributed by atoms with van der Waals surface area (Å²) in [5.41, 5.74) is 0. The third-order valence-corrected chi connectivity index (χ3v) is 2.20. The maximum atomic E-state index is 10.1. The van der Waals surface area contributed by atoms with E-state index < -0.39 is 0 Å². The van der Waals surface area contributed by atoms with Crippen LogP contribution < -0.4 is 5.32 Å². The molecular weight excluding hydrogens is 138 g/mol. The van der Waals surface area contributed by atoms with Crippen molar-refractivity contribution in [2.24, 2.45) is 5.92 Å². The fourth-order valence-electron chi connectivity index (χ4n) is 1.05. The van der Waals surface area contributed by atoms with Crippen molar-refractivity contribution in [3.8, 4) is 0 Å². The van der Waals surface area contributed by atoms with Crippen molar-refractivity contribution in [3.05, 3.63) is 0 Å². The van der Waals surface area contributed by atoms with Crippen LogP contribution in [0.3, 0.4) is 0 Å². The molecule has 1 N–H and O–H groups in total. The van der Waals surface area contributed by atoms with Crippen LogP contribution >= 0.6 is 0 Å². The van der Waals surface area contributed by atoms with Gasteiger partial charge in [-0.2, -0.15) is 0 Å². The van der Waals surface area contributed by atoms with Crippen LogP contribution in [0.4, 0.5) is 0 Å². The summed E-state index contributed by atoms with van der Waals surface area (Å²) in [4.78, 5) is 10.1. The second-order valence-electron chi connectivity index (χ2n) is 3.19. The van der Waals surface area contributed by atoms with E-state index in [1.54, 1.807) is 0 Å². The van der Waals surface area contributed by atoms with Gasteiger partial charge in [-0.25, -0.2) is 0 Å². The summed E-state index contributed by atoms with van der Waals surface area (Å²) < 4.78 is 0. The molecule has 2 atom stereocenters. The Morgan fingerprint density at radius 1 is 1.45 bits per heavy atom. The molecule has 0 radical (unpaired) electrons. The van der Waals surface area contributed by atoms with Gasteiger partial charge in [0.15, 0.2) is 0 Å². The molecule has 0 saturated heterocycles. The lowest BCUT2D eigenvalue weighted by molar-refractivity contribution is -0.110. The fraction of sp³-hybridized carbons (Fsp3) is 0.889. The Bertz CT molecular complexity index is 104. The number of hydrogen-bond acceptors (Lipinski definition) is 1. The highest BCUT2D eigenvalue weighted by Crippen LogP contribution is 2.11. The van der Waals surface area contributed by atoms with Gasteiger partial charge < -0.3 is 5.32 Å². The van der Waals surface area contributed by atoms with E-state index in [1.165, 1.54) is 19.3 Å². The predicted octanol–water partition coefficient (Wildman–Crippen LogP) is 1.95. The van der Waals surface area contributed by atoms with Gasteiger partial charge in [-0.15, -0.1) is 0 Å². The summed E-state index contributed by atoms with van der Waals surface area (Å²) in [6, 6.07) is 0.319. The summed E-state index contributed by atoms with van der Waals surface area (Å²) in [6.07, 6.45) is 4.48. The van der Waals surface area contributed by atoms with Crippen LogP contribution in [-0.4, -0.2) is 12.5 Å². The van der Waals surface area contributed by atoms with Gasteiger partial charge in [-0.1, -0.05) is 26.7 Å². The fourth-order valence-corrected chi connectivity index (χ4v) is 1.05. The molecule has 0 saturated carbocycles. The molecule has 0 fully saturated rings. The number of rotatable bonds is 6. The van der Waals surface area contributed by atoms with Crippen LogP contribution in [0.2, 0.25) is 0 Å². The third-order valence-electron chi connectivity index (χ3n) is 2.20. The van der Waals surface area contributed by atoms with Gasteiger partial charge >= 0.3 is 0 Å². The van der Waals surface area contributed by atoms with E-state index in [0.717, 1.165) is 6.41 Å². The van der Waals surface area contributed by atoms with Gasteiger partial charge in [0, 0.05) is 6.04 Å². The zero-order valence-electron chi connectivity index (χ0n) is 7.76. The Morgan fingerprint density at radius 3 is 2.55 bits per heavy atom. The largest absolute Gasteiger partial charge is 0.356 e. The standard InChI is InChI=1S/C9H19NO/c1-4-5-6-8(2)9(3)10-7-11/h7-9H,4-6H2,1-3H3,(H,10,11). The van der Waals surface area contributed by atoms with E-state index in [0.29, 0.717) is 12.0 Å². The zero-order chi connectivity index (χ0) is 8.69. The van der Waals surface area contributed by atoms with E-state index >= 15 is 0 Å². The Kier molecular flexibility index (Phi) is 5.90. The third kappa shape index (κ3) is 4.82. The first kappa shape index (κ1) is 10.5. The van der Waals surface area contributed by atoms with Crippen LogP contribution in [0.15, 0.2) is 0 Å². The topological polar surface area (TPSA) is 29.1 Å². The molecule has 0 aromatic rings. The molecule has 0 heterocycles. The van der Waals surface area contributed by atoms with Crippen LogP contribution in [0, 0.1) is 5.92 Å². The molecule has 11 heavy (non-hydrogen) atoms. The molecule has 66 valence electrons. The molecule has 1 amide bonds. The van der Waals surface area contributed by atoms with E-state index in [4.69, 9.17) is 0 Å². The summed E-state index contributed by atoms with van der Waals surface area (Å²) >= 11 is 0. The maximum Gasteiger partial charge on any atom is 0.207 e. The minimum atomic E-state index is 0.319. The predicted molar refractivity (Wildman–Crippen MR) is 47.4 cm³/mol. The van der Waals surface area contributed by atoms with Crippen molar-refractivity contribution in [1.29, 1.82) is 0 Å². The first-order chi connectivity index (χ1) is 5.22. The van der Waals surface area contributed by atoms with E-state index in [2.05, 4.69) is 26.1 Å². The van der Waals surface area contributed by atoms with Gasteiger partial charge in [0.25, 0.3) is 0 Å². The number of carbonyl (C=O) groups is 1. The smallest absolute Gasteiger partial charge is 0.207 e. The normalized spacial score (nSPS) is 15.5. The van der Waals surface area contributed by atoms with E-state index in [9.17, 15) is 4.79 Å². The average molecular weight is 157 g/mol. The summed E-state index contributed by atoms with van der Waals surface area (Å²) in [7, 11) is 0. The Labute approximate surface area is 69.4 Å². The molecule has 0 aliphatic carbocycles. The monoisotopic (exact) mass is 157 g/mol. The first-order valence-corrected chi connectivity index (χ1v) is 4.42. The van der Waals surface area contributed by atoms with Crippen LogP contribution in [0.1, 0.15) is 40.0 Å². The molecule has 0 aliphatic rings. The highest BCUT2D eigenvalue weighted by atomic mass is 16.1. The quantitative estimate of drug-likeness (QED) is 0.587. The van der Waals surface area contributed by atoms with Crippen molar-refractivity contribution in [1.82, 2.24) is 5.32 Å². The Morgan fingerprint density at radius 2 is 2.09 bits per heavy atom. The van der Waals surface area contributed by atoms with Gasteiger partial charge in [-0.3, -0.25) is 4.79 Å². The lowest BCUT2D eigenvalue weighted by Crippen LogP contribution is -2.30. The van der Waals surface area contributed by atoms with Crippen molar-refractivity contribution in [3.63, 3.8) is 0 Å². The molecule has 0 aliphatic heterocycles. The second kappa shape index (κ2) is 6.20. The highest BCUT2D eigenvalue weighted by molar-refractivity contribution is 5.46. The Balaban J connectivity index is 3.45. The molecule has 2 unspecified atom stereocenters. The van der Waals surface area contributed by atoms with Crippen molar-refractivity contribution >= 4 is 6.41 Å². The number of nitrogens with one attached hydrogen (secondary N) is 1. The molecule has 0 rings (SSSR count). The molecule has 0 aromatic carbocycles. The molecule has 0 bridgehead atoms. The molecule has 0 aromatic heterocycles. The first-order valence-electron chi connectivity index (χ1n) is 4.42. The van der Waals surface area contributed by atoms with Crippen LogP contribution in [0.5, 0.6) is 0 Å².